The maximum Gasteiger partial charge on any atom is 0.264 e. The average molecular weight is 681 g/mol. The van der Waals surface area contributed by atoms with Gasteiger partial charge in [-0.15, -0.1) is 0 Å². The van der Waals surface area contributed by atoms with Crippen LogP contribution in [0.3, 0.4) is 0 Å². The van der Waals surface area contributed by atoms with Crippen LogP contribution in [0, 0.1) is 5.82 Å². The van der Waals surface area contributed by atoms with E-state index in [1.807, 2.05) is 75.4 Å². The summed E-state index contributed by atoms with van der Waals surface area (Å²) in [6.07, 6.45) is 0.209. The molecule has 2 amide bonds. The molecule has 0 bridgehead atoms. The molecule has 1 atom stereocenters. The van der Waals surface area contributed by atoms with Crippen LogP contribution >= 0.6 is 15.9 Å². The molecule has 0 aliphatic rings. The number of anilines is 1. The van der Waals surface area contributed by atoms with Gasteiger partial charge in [0.2, 0.25) is 11.8 Å². The largest absolute Gasteiger partial charge is 0.350 e. The molecule has 0 radical (unpaired) electrons. The van der Waals surface area contributed by atoms with Gasteiger partial charge in [-0.3, -0.25) is 13.9 Å². The molecule has 4 aromatic rings. The number of hydrogen-bond donors (Lipinski definition) is 1. The van der Waals surface area contributed by atoms with E-state index >= 15 is 0 Å². The van der Waals surface area contributed by atoms with Gasteiger partial charge in [0.25, 0.3) is 10.0 Å². The fourth-order valence-electron chi connectivity index (χ4n) is 4.65. The number of halogens is 2. The molecule has 7 nitrogen and oxygen atoms in total. The van der Waals surface area contributed by atoms with Gasteiger partial charge in [0.15, 0.2) is 0 Å². The molecule has 0 spiro atoms. The fraction of sp³-hybridized carbons (Fsp3) is 0.235. The number of nitrogens with one attached hydrogen (secondary N) is 1. The van der Waals surface area contributed by atoms with E-state index in [4.69, 9.17) is 0 Å². The number of amides is 2. The van der Waals surface area contributed by atoms with Gasteiger partial charge in [0.1, 0.15) is 18.4 Å². The van der Waals surface area contributed by atoms with Gasteiger partial charge >= 0.3 is 0 Å². The minimum atomic E-state index is -4.30. The Morgan fingerprint density at radius 2 is 1.39 bits per heavy atom. The number of nitrogens with zero attached hydrogens (tertiary/aromatic N) is 2. The van der Waals surface area contributed by atoms with Crippen molar-refractivity contribution < 1.29 is 22.4 Å². The third-order valence-corrected chi connectivity index (χ3v) is 9.08. The Bertz CT molecular complexity index is 1660. The molecule has 0 saturated carbocycles. The van der Waals surface area contributed by atoms with Gasteiger partial charge in [-0.25, -0.2) is 12.8 Å². The Morgan fingerprint density at radius 3 is 1.95 bits per heavy atom. The summed E-state index contributed by atoms with van der Waals surface area (Å²) in [4.78, 5) is 29.6. The van der Waals surface area contributed by atoms with Crippen molar-refractivity contribution in [3.8, 4) is 0 Å². The smallest absolute Gasteiger partial charge is 0.264 e. The molecule has 4 aromatic carbocycles. The second kappa shape index (κ2) is 14.2. The molecule has 1 N–H and O–H groups in total. The van der Waals surface area contributed by atoms with Crippen molar-refractivity contribution in [3.63, 3.8) is 0 Å². The van der Waals surface area contributed by atoms with Crippen LogP contribution in [-0.2, 0) is 32.6 Å². The van der Waals surface area contributed by atoms with Crippen LogP contribution in [-0.4, -0.2) is 43.3 Å². The molecule has 230 valence electrons. The van der Waals surface area contributed by atoms with Gasteiger partial charge < -0.3 is 10.2 Å². The van der Waals surface area contributed by atoms with E-state index in [2.05, 4.69) is 21.2 Å². The van der Waals surface area contributed by atoms with E-state index < -0.39 is 39.9 Å². The van der Waals surface area contributed by atoms with Crippen LogP contribution in [0.15, 0.2) is 119 Å². The van der Waals surface area contributed by atoms with E-state index in [1.165, 1.54) is 17.0 Å². The van der Waals surface area contributed by atoms with Crippen LogP contribution < -0.4 is 9.62 Å². The lowest BCUT2D eigenvalue weighted by Gasteiger charge is -2.35. The minimum absolute atomic E-state index is 0.0560. The molecule has 0 aliphatic heterocycles. The summed E-state index contributed by atoms with van der Waals surface area (Å²) in [6, 6.07) is 28.5. The van der Waals surface area contributed by atoms with Crippen LogP contribution in [0.25, 0.3) is 0 Å². The van der Waals surface area contributed by atoms with Crippen molar-refractivity contribution in [1.82, 2.24) is 10.2 Å². The molecule has 44 heavy (non-hydrogen) atoms. The molecular weight excluding hydrogens is 645 g/mol. The number of sulfonamides is 1. The van der Waals surface area contributed by atoms with E-state index in [0.29, 0.717) is 0 Å². The third-order valence-electron chi connectivity index (χ3n) is 6.76. The first kappa shape index (κ1) is 32.9. The molecule has 0 aromatic heterocycles. The predicted octanol–water partition coefficient (Wildman–Crippen LogP) is 6.34. The first-order valence-electron chi connectivity index (χ1n) is 14.1. The minimum Gasteiger partial charge on any atom is -0.350 e. The third kappa shape index (κ3) is 8.76. The number of carbonyl (C=O) groups is 2. The molecule has 0 fully saturated rings. The molecule has 0 aliphatic carbocycles. The molecule has 0 heterocycles. The number of hydrogen-bond acceptors (Lipinski definition) is 4. The normalized spacial score (nSPS) is 12.3. The number of para-hydroxylation sites is 1. The van der Waals surface area contributed by atoms with E-state index in [-0.39, 0.29) is 29.5 Å². The van der Waals surface area contributed by atoms with Crippen molar-refractivity contribution in [2.75, 3.05) is 10.8 Å². The summed E-state index contributed by atoms with van der Waals surface area (Å²) in [5.74, 6) is -1.52. The summed E-state index contributed by atoms with van der Waals surface area (Å²) in [5.41, 5.74) is 1.28. The van der Waals surface area contributed by atoms with E-state index in [1.54, 1.807) is 30.3 Å². The summed E-state index contributed by atoms with van der Waals surface area (Å²) >= 11 is 3.44. The Hall–Kier alpha value is -4.02. The maximum atomic E-state index is 14.4. The van der Waals surface area contributed by atoms with Gasteiger partial charge in [-0.2, -0.15) is 0 Å². The standard InChI is InChI=1S/C34H35BrFN3O4S/c1-34(2,3)37-33(41)31(22-25-10-6-4-7-11-25)38(23-26-14-16-27(35)17-15-26)32(40)24-39(29-12-8-5-9-13-29)44(42,43)30-20-18-28(36)19-21-30/h4-21,31H,22-24H2,1-3H3,(H,37,41)/t31-/m1/s1. The Balaban J connectivity index is 1.79. The number of rotatable bonds is 11. The summed E-state index contributed by atoms with van der Waals surface area (Å²) < 4.78 is 43.4. The zero-order valence-corrected chi connectivity index (χ0v) is 27.2. The zero-order chi connectivity index (χ0) is 31.9. The van der Waals surface area contributed by atoms with Gasteiger partial charge in [0.05, 0.1) is 10.6 Å². The highest BCUT2D eigenvalue weighted by Crippen LogP contribution is 2.25. The molecular formula is C34H35BrFN3O4S. The van der Waals surface area contributed by atoms with Crippen LogP contribution in [0.5, 0.6) is 0 Å². The first-order chi connectivity index (χ1) is 20.8. The van der Waals surface area contributed by atoms with Crippen molar-refractivity contribution in [2.24, 2.45) is 0 Å². The highest BCUT2D eigenvalue weighted by Gasteiger charge is 2.35. The second-order valence-corrected chi connectivity index (χ2v) is 14.2. The summed E-state index contributed by atoms with van der Waals surface area (Å²) in [5, 5.41) is 3.01. The number of benzene rings is 4. The predicted molar refractivity (Wildman–Crippen MR) is 174 cm³/mol. The Morgan fingerprint density at radius 1 is 0.818 bits per heavy atom. The van der Waals surface area contributed by atoms with Crippen molar-refractivity contribution in [3.05, 3.63) is 131 Å². The zero-order valence-electron chi connectivity index (χ0n) is 24.8. The topological polar surface area (TPSA) is 86.8 Å². The average Bonchev–Trinajstić information content (AvgIpc) is 2.98. The summed E-state index contributed by atoms with van der Waals surface area (Å²) in [7, 11) is -4.30. The molecule has 10 heteroatoms. The quantitative estimate of drug-likeness (QED) is 0.201. The lowest BCUT2D eigenvalue weighted by atomic mass is 10.0. The van der Waals surface area contributed by atoms with Gasteiger partial charge in [-0.05, 0) is 80.4 Å². The van der Waals surface area contributed by atoms with Crippen LogP contribution in [0.4, 0.5) is 10.1 Å². The highest BCUT2D eigenvalue weighted by atomic mass is 79.9. The molecule has 4 rings (SSSR count). The van der Waals surface area contributed by atoms with E-state index in [9.17, 15) is 22.4 Å². The second-order valence-electron chi connectivity index (χ2n) is 11.4. The van der Waals surface area contributed by atoms with Gasteiger partial charge in [0, 0.05) is 23.0 Å². The van der Waals surface area contributed by atoms with Crippen molar-refractivity contribution in [2.45, 2.75) is 50.2 Å². The molecule has 0 saturated heterocycles. The van der Waals surface area contributed by atoms with Crippen LogP contribution in [0.1, 0.15) is 31.9 Å². The lowest BCUT2D eigenvalue weighted by molar-refractivity contribution is -0.140. The first-order valence-corrected chi connectivity index (χ1v) is 16.3. The Kier molecular flexibility index (Phi) is 10.6. The van der Waals surface area contributed by atoms with Crippen molar-refractivity contribution in [1.29, 1.82) is 0 Å². The monoisotopic (exact) mass is 679 g/mol. The lowest BCUT2D eigenvalue weighted by Crippen LogP contribution is -2.56. The number of carbonyl (C=O) groups excluding carboxylic acids is 2. The van der Waals surface area contributed by atoms with Crippen molar-refractivity contribution >= 4 is 43.5 Å². The maximum absolute atomic E-state index is 14.4. The Labute approximate surface area is 266 Å². The summed E-state index contributed by atoms with van der Waals surface area (Å²) in [6.45, 7) is 5.04. The SMILES string of the molecule is CC(C)(C)NC(=O)[C@@H](Cc1ccccc1)N(Cc1ccc(Br)cc1)C(=O)CN(c1ccccc1)S(=O)(=O)c1ccc(F)cc1. The van der Waals surface area contributed by atoms with Crippen LogP contribution in [0.2, 0.25) is 0 Å². The van der Waals surface area contributed by atoms with Gasteiger partial charge in [-0.1, -0.05) is 76.6 Å². The highest BCUT2D eigenvalue weighted by molar-refractivity contribution is 9.10. The fourth-order valence-corrected chi connectivity index (χ4v) is 6.33. The molecule has 0 unspecified atom stereocenters. The van der Waals surface area contributed by atoms with E-state index in [0.717, 1.165) is 32.0 Å².